The summed E-state index contributed by atoms with van der Waals surface area (Å²) in [6, 6.07) is 3.88. The molecule has 2 aromatic heterocycles. The molecular formula is C12H14N4O. The Labute approximate surface area is 99.1 Å². The van der Waals surface area contributed by atoms with E-state index < -0.39 is 0 Å². The number of nitrogens with two attached hydrogens (primary N) is 1. The molecule has 1 aliphatic rings. The molecule has 5 nitrogen and oxygen atoms in total. The minimum Gasteiger partial charge on any atom is -0.339 e. The maximum absolute atomic E-state index is 6.13. The molecule has 88 valence electrons. The summed E-state index contributed by atoms with van der Waals surface area (Å²) in [7, 11) is 0. The Morgan fingerprint density at radius 3 is 2.94 bits per heavy atom. The molecular weight excluding hydrogens is 216 g/mol. The van der Waals surface area contributed by atoms with E-state index in [1.165, 1.54) is 0 Å². The summed E-state index contributed by atoms with van der Waals surface area (Å²) < 4.78 is 5.22. The molecule has 5 heteroatoms. The van der Waals surface area contributed by atoms with Gasteiger partial charge in [0.2, 0.25) is 5.89 Å². The van der Waals surface area contributed by atoms with Crippen LogP contribution in [-0.4, -0.2) is 15.1 Å². The number of pyridine rings is 1. The normalized spacial score (nSPS) is 17.7. The summed E-state index contributed by atoms with van der Waals surface area (Å²) in [6.07, 6.45) is 7.18. The zero-order valence-corrected chi connectivity index (χ0v) is 9.47. The van der Waals surface area contributed by atoms with E-state index in [9.17, 15) is 0 Å². The second-order valence-corrected chi connectivity index (χ2v) is 4.56. The van der Waals surface area contributed by atoms with Crippen LogP contribution < -0.4 is 5.73 Å². The quantitative estimate of drug-likeness (QED) is 0.862. The number of aromatic nitrogens is 3. The molecule has 1 fully saturated rings. The van der Waals surface area contributed by atoms with Gasteiger partial charge >= 0.3 is 0 Å². The molecule has 0 spiro atoms. The Bertz CT molecular complexity index is 504. The summed E-state index contributed by atoms with van der Waals surface area (Å²) in [5.74, 6) is 1.24. The summed E-state index contributed by atoms with van der Waals surface area (Å²) in [6.45, 7) is 0. The monoisotopic (exact) mass is 230 g/mol. The predicted octanol–water partition coefficient (Wildman–Crippen LogP) is 1.39. The van der Waals surface area contributed by atoms with Crippen molar-refractivity contribution in [3.8, 4) is 0 Å². The molecule has 0 radical (unpaired) electrons. The lowest BCUT2D eigenvalue weighted by molar-refractivity contribution is 0.229. The van der Waals surface area contributed by atoms with Crippen molar-refractivity contribution in [3.05, 3.63) is 41.8 Å². The van der Waals surface area contributed by atoms with Crippen molar-refractivity contribution in [2.45, 2.75) is 31.2 Å². The molecule has 0 saturated heterocycles. The zero-order valence-electron chi connectivity index (χ0n) is 9.47. The first-order valence-corrected chi connectivity index (χ1v) is 5.77. The fraction of sp³-hybridized carbons (Fsp3) is 0.417. The van der Waals surface area contributed by atoms with Crippen molar-refractivity contribution in [2.24, 2.45) is 5.73 Å². The van der Waals surface area contributed by atoms with Crippen molar-refractivity contribution >= 4 is 0 Å². The van der Waals surface area contributed by atoms with E-state index in [-0.39, 0.29) is 5.54 Å². The summed E-state index contributed by atoms with van der Waals surface area (Å²) in [4.78, 5) is 8.42. The second-order valence-electron chi connectivity index (χ2n) is 4.56. The first-order chi connectivity index (χ1) is 8.26. The van der Waals surface area contributed by atoms with Gasteiger partial charge in [-0.2, -0.15) is 4.98 Å². The lowest BCUT2D eigenvalue weighted by Gasteiger charge is -2.34. The van der Waals surface area contributed by atoms with Crippen LogP contribution in [0.3, 0.4) is 0 Å². The molecule has 0 atom stereocenters. The van der Waals surface area contributed by atoms with Crippen LogP contribution in [0.25, 0.3) is 0 Å². The Kier molecular flexibility index (Phi) is 2.40. The smallest absolute Gasteiger partial charge is 0.231 e. The lowest BCUT2D eigenvalue weighted by Crippen LogP contribution is -2.44. The van der Waals surface area contributed by atoms with Crippen LogP contribution in [0.5, 0.6) is 0 Å². The van der Waals surface area contributed by atoms with Crippen molar-refractivity contribution in [3.63, 3.8) is 0 Å². The first kappa shape index (κ1) is 10.4. The Morgan fingerprint density at radius 2 is 2.29 bits per heavy atom. The predicted molar refractivity (Wildman–Crippen MR) is 61.1 cm³/mol. The van der Waals surface area contributed by atoms with Crippen molar-refractivity contribution in [2.75, 3.05) is 0 Å². The number of nitrogens with zero attached hydrogens (tertiary/aromatic N) is 3. The SMILES string of the molecule is NC1(c2noc(Cc3cccnc3)n2)CCC1. The molecule has 17 heavy (non-hydrogen) atoms. The van der Waals surface area contributed by atoms with E-state index >= 15 is 0 Å². The van der Waals surface area contributed by atoms with Gasteiger partial charge in [-0.1, -0.05) is 11.2 Å². The molecule has 2 aromatic rings. The fourth-order valence-corrected chi connectivity index (χ4v) is 1.99. The minimum absolute atomic E-state index is 0.351. The highest BCUT2D eigenvalue weighted by atomic mass is 16.5. The molecule has 1 aliphatic carbocycles. The van der Waals surface area contributed by atoms with E-state index in [0.717, 1.165) is 24.8 Å². The van der Waals surface area contributed by atoms with Crippen LogP contribution in [0.15, 0.2) is 29.0 Å². The summed E-state index contributed by atoms with van der Waals surface area (Å²) in [5, 5.41) is 3.97. The van der Waals surface area contributed by atoms with Crippen LogP contribution in [-0.2, 0) is 12.0 Å². The van der Waals surface area contributed by atoms with Crippen LogP contribution in [0.2, 0.25) is 0 Å². The van der Waals surface area contributed by atoms with Gasteiger partial charge in [-0.25, -0.2) is 0 Å². The highest BCUT2D eigenvalue weighted by Gasteiger charge is 2.38. The van der Waals surface area contributed by atoms with E-state index in [0.29, 0.717) is 18.1 Å². The Balaban J connectivity index is 1.77. The third-order valence-electron chi connectivity index (χ3n) is 3.24. The van der Waals surface area contributed by atoms with Gasteiger partial charge < -0.3 is 10.3 Å². The van der Waals surface area contributed by atoms with Crippen LogP contribution >= 0.6 is 0 Å². The van der Waals surface area contributed by atoms with E-state index in [1.807, 2.05) is 12.1 Å². The largest absolute Gasteiger partial charge is 0.339 e. The maximum atomic E-state index is 6.13. The van der Waals surface area contributed by atoms with Gasteiger partial charge in [-0.15, -0.1) is 0 Å². The molecule has 0 unspecified atom stereocenters. The second kappa shape index (κ2) is 3.92. The fourth-order valence-electron chi connectivity index (χ4n) is 1.99. The van der Waals surface area contributed by atoms with Gasteiger partial charge in [0.05, 0.1) is 12.0 Å². The molecule has 2 heterocycles. The average Bonchev–Trinajstić information content (AvgIpc) is 2.76. The van der Waals surface area contributed by atoms with E-state index in [4.69, 9.17) is 10.3 Å². The molecule has 3 rings (SSSR count). The highest BCUT2D eigenvalue weighted by molar-refractivity contribution is 5.15. The Hall–Kier alpha value is -1.75. The lowest BCUT2D eigenvalue weighted by atomic mass is 9.77. The minimum atomic E-state index is -0.351. The highest BCUT2D eigenvalue weighted by Crippen LogP contribution is 2.36. The van der Waals surface area contributed by atoms with Crippen molar-refractivity contribution in [1.29, 1.82) is 0 Å². The standard InChI is InChI=1S/C12H14N4O/c13-12(4-2-5-12)11-15-10(17-16-11)7-9-3-1-6-14-8-9/h1,3,6,8H,2,4-5,7,13H2. The molecule has 0 bridgehead atoms. The maximum Gasteiger partial charge on any atom is 0.231 e. The summed E-state index contributed by atoms with van der Waals surface area (Å²) in [5.41, 5.74) is 6.84. The van der Waals surface area contributed by atoms with E-state index in [1.54, 1.807) is 12.4 Å². The molecule has 2 N–H and O–H groups in total. The van der Waals surface area contributed by atoms with Crippen LogP contribution in [0.1, 0.15) is 36.5 Å². The molecule has 0 aliphatic heterocycles. The molecule has 1 saturated carbocycles. The van der Waals surface area contributed by atoms with Gasteiger partial charge in [0, 0.05) is 12.4 Å². The first-order valence-electron chi connectivity index (χ1n) is 5.77. The van der Waals surface area contributed by atoms with Crippen LogP contribution in [0, 0.1) is 0 Å². The number of hydrogen-bond donors (Lipinski definition) is 1. The van der Waals surface area contributed by atoms with Crippen molar-refractivity contribution < 1.29 is 4.52 Å². The zero-order chi connectivity index (χ0) is 11.7. The molecule has 0 amide bonds. The van der Waals surface area contributed by atoms with Crippen molar-refractivity contribution in [1.82, 2.24) is 15.1 Å². The number of hydrogen-bond acceptors (Lipinski definition) is 5. The Morgan fingerprint density at radius 1 is 1.41 bits per heavy atom. The average molecular weight is 230 g/mol. The van der Waals surface area contributed by atoms with Gasteiger partial charge in [0.1, 0.15) is 0 Å². The van der Waals surface area contributed by atoms with Gasteiger partial charge in [0.15, 0.2) is 5.82 Å². The molecule has 0 aromatic carbocycles. The third kappa shape index (κ3) is 1.93. The van der Waals surface area contributed by atoms with E-state index in [2.05, 4.69) is 15.1 Å². The topological polar surface area (TPSA) is 77.8 Å². The third-order valence-corrected chi connectivity index (χ3v) is 3.24. The number of rotatable bonds is 3. The van der Waals surface area contributed by atoms with Crippen LogP contribution in [0.4, 0.5) is 0 Å². The van der Waals surface area contributed by atoms with Gasteiger partial charge in [-0.3, -0.25) is 4.98 Å². The van der Waals surface area contributed by atoms with Gasteiger partial charge in [-0.05, 0) is 30.9 Å². The summed E-state index contributed by atoms with van der Waals surface area (Å²) >= 11 is 0. The van der Waals surface area contributed by atoms with Gasteiger partial charge in [0.25, 0.3) is 0 Å².